The molecule has 0 aromatic heterocycles. The molecular weight excluding hydrogens is 220 g/mol. The predicted octanol–water partition coefficient (Wildman–Crippen LogP) is 2.89. The number of hydrogen-bond donors (Lipinski definition) is 0. The van der Waals surface area contributed by atoms with E-state index in [0.717, 1.165) is 6.42 Å². The lowest BCUT2D eigenvalue weighted by molar-refractivity contribution is 0.351. The van der Waals surface area contributed by atoms with Crippen LogP contribution in [0.4, 0.5) is 0 Å². The first kappa shape index (κ1) is 11.6. The van der Waals surface area contributed by atoms with Gasteiger partial charge in [0.15, 0.2) is 9.84 Å². The quantitative estimate of drug-likeness (QED) is 0.794. The summed E-state index contributed by atoms with van der Waals surface area (Å²) in [7, 11) is -3.10. The summed E-state index contributed by atoms with van der Waals surface area (Å²) in [6, 6.07) is 8.77. The van der Waals surface area contributed by atoms with Crippen molar-refractivity contribution in [1.29, 1.82) is 0 Å². The second-order valence-corrected chi connectivity index (χ2v) is 7.77. The van der Waals surface area contributed by atoms with E-state index in [-0.39, 0.29) is 10.7 Å². The van der Waals surface area contributed by atoms with Crippen molar-refractivity contribution in [2.45, 2.75) is 37.3 Å². The maximum absolute atomic E-state index is 12.3. The van der Waals surface area contributed by atoms with Crippen molar-refractivity contribution >= 4 is 9.84 Å². The summed E-state index contributed by atoms with van der Waals surface area (Å²) in [5, 5.41) is -0.171. The second-order valence-electron chi connectivity index (χ2n) is 5.60. The molecule has 0 radical (unpaired) electrons. The maximum Gasteiger partial charge on any atom is 0.181 e. The fourth-order valence-electron chi connectivity index (χ4n) is 2.21. The summed E-state index contributed by atoms with van der Waals surface area (Å²) in [6.07, 6.45) is 0.806. The summed E-state index contributed by atoms with van der Waals surface area (Å²) < 4.78 is 24.5. The van der Waals surface area contributed by atoms with Gasteiger partial charge in [-0.1, -0.05) is 39.0 Å². The lowest BCUT2D eigenvalue weighted by Gasteiger charge is -2.17. The molecule has 0 heterocycles. The van der Waals surface area contributed by atoms with Crippen LogP contribution in [0.2, 0.25) is 0 Å². The van der Waals surface area contributed by atoms with Gasteiger partial charge in [-0.3, -0.25) is 0 Å². The van der Waals surface area contributed by atoms with Crippen molar-refractivity contribution in [2.24, 2.45) is 11.3 Å². The van der Waals surface area contributed by atoms with Crippen LogP contribution in [0.25, 0.3) is 0 Å². The third-order valence-electron chi connectivity index (χ3n) is 3.31. The SMILES string of the molecule is CC(C)(C)C1CC1S(=O)(=O)c1ccccc1. The lowest BCUT2D eigenvalue weighted by Crippen LogP contribution is -2.17. The summed E-state index contributed by atoms with van der Waals surface area (Å²) in [5.74, 6) is 0.303. The molecule has 1 aliphatic rings. The highest BCUT2D eigenvalue weighted by Gasteiger charge is 2.52. The fourth-order valence-corrected chi connectivity index (χ4v) is 4.40. The Morgan fingerprint density at radius 1 is 1.12 bits per heavy atom. The molecule has 16 heavy (non-hydrogen) atoms. The minimum atomic E-state index is -3.10. The molecular formula is C13H18O2S. The van der Waals surface area contributed by atoms with Gasteiger partial charge in [-0.15, -0.1) is 0 Å². The standard InChI is InChI=1S/C13H18O2S/c1-13(2,3)11-9-12(11)16(14,15)10-7-5-4-6-8-10/h4-8,11-12H,9H2,1-3H3. The van der Waals surface area contributed by atoms with Crippen molar-refractivity contribution in [3.8, 4) is 0 Å². The van der Waals surface area contributed by atoms with Crippen molar-refractivity contribution in [3.63, 3.8) is 0 Å². The van der Waals surface area contributed by atoms with Gasteiger partial charge in [0, 0.05) is 0 Å². The van der Waals surface area contributed by atoms with E-state index in [1.807, 2.05) is 6.07 Å². The molecule has 1 fully saturated rings. The molecule has 0 bridgehead atoms. The third-order valence-corrected chi connectivity index (χ3v) is 5.56. The van der Waals surface area contributed by atoms with E-state index >= 15 is 0 Å². The Kier molecular flexibility index (Phi) is 2.61. The Labute approximate surface area is 97.6 Å². The Morgan fingerprint density at radius 2 is 1.69 bits per heavy atom. The molecule has 0 N–H and O–H groups in total. The van der Waals surface area contributed by atoms with Crippen LogP contribution >= 0.6 is 0 Å². The van der Waals surface area contributed by atoms with Crippen LogP contribution in [-0.4, -0.2) is 13.7 Å². The van der Waals surface area contributed by atoms with E-state index in [1.165, 1.54) is 0 Å². The van der Waals surface area contributed by atoms with E-state index in [9.17, 15) is 8.42 Å². The first-order valence-corrected chi connectivity index (χ1v) is 7.17. The molecule has 0 saturated heterocycles. The second kappa shape index (κ2) is 3.59. The topological polar surface area (TPSA) is 34.1 Å². The Balaban J connectivity index is 2.25. The molecule has 2 unspecified atom stereocenters. The molecule has 0 amide bonds. The normalized spacial score (nSPS) is 25.4. The van der Waals surface area contributed by atoms with Crippen LogP contribution in [0.1, 0.15) is 27.2 Å². The number of hydrogen-bond acceptors (Lipinski definition) is 2. The highest BCUT2D eigenvalue weighted by molar-refractivity contribution is 7.92. The molecule has 0 aliphatic heterocycles. The molecule has 2 nitrogen and oxygen atoms in total. The highest BCUT2D eigenvalue weighted by Crippen LogP contribution is 2.50. The van der Waals surface area contributed by atoms with Gasteiger partial charge in [0.2, 0.25) is 0 Å². The zero-order valence-corrected chi connectivity index (χ0v) is 10.8. The summed E-state index contributed by atoms with van der Waals surface area (Å²) in [5.41, 5.74) is 0.0898. The third kappa shape index (κ3) is 2.01. The summed E-state index contributed by atoms with van der Waals surface area (Å²) >= 11 is 0. The van der Waals surface area contributed by atoms with Gasteiger partial charge in [-0.05, 0) is 29.9 Å². The molecule has 3 heteroatoms. The van der Waals surface area contributed by atoms with Crippen molar-refractivity contribution in [1.82, 2.24) is 0 Å². The number of rotatable bonds is 2. The van der Waals surface area contributed by atoms with Gasteiger partial charge in [-0.25, -0.2) is 8.42 Å². The molecule has 2 rings (SSSR count). The minimum absolute atomic E-state index is 0.0898. The number of sulfone groups is 1. The van der Waals surface area contributed by atoms with Gasteiger partial charge >= 0.3 is 0 Å². The molecule has 1 saturated carbocycles. The molecule has 1 aromatic carbocycles. The van der Waals surface area contributed by atoms with E-state index in [2.05, 4.69) is 20.8 Å². The Morgan fingerprint density at radius 3 is 2.12 bits per heavy atom. The zero-order chi connectivity index (χ0) is 12.0. The van der Waals surface area contributed by atoms with Crippen LogP contribution in [0.5, 0.6) is 0 Å². The molecule has 1 aliphatic carbocycles. The Hall–Kier alpha value is -0.830. The van der Waals surface area contributed by atoms with E-state index in [0.29, 0.717) is 10.8 Å². The first-order chi connectivity index (χ1) is 7.33. The first-order valence-electron chi connectivity index (χ1n) is 5.62. The minimum Gasteiger partial charge on any atom is -0.223 e. The summed E-state index contributed by atoms with van der Waals surface area (Å²) in [6.45, 7) is 6.33. The average Bonchev–Trinajstić information content (AvgIpc) is 2.98. The van der Waals surface area contributed by atoms with E-state index in [4.69, 9.17) is 0 Å². The van der Waals surface area contributed by atoms with Gasteiger partial charge in [0.05, 0.1) is 10.1 Å². The van der Waals surface area contributed by atoms with Crippen LogP contribution in [0, 0.1) is 11.3 Å². The van der Waals surface area contributed by atoms with E-state index < -0.39 is 9.84 Å². The van der Waals surface area contributed by atoms with Gasteiger partial charge in [-0.2, -0.15) is 0 Å². The zero-order valence-electron chi connectivity index (χ0n) is 9.97. The van der Waals surface area contributed by atoms with Gasteiger partial charge in [0.25, 0.3) is 0 Å². The van der Waals surface area contributed by atoms with E-state index in [1.54, 1.807) is 24.3 Å². The predicted molar refractivity (Wildman–Crippen MR) is 65.0 cm³/mol. The summed E-state index contributed by atoms with van der Waals surface area (Å²) in [4.78, 5) is 0.465. The Bertz CT molecular complexity index is 468. The van der Waals surface area contributed by atoms with Crippen molar-refractivity contribution < 1.29 is 8.42 Å². The average molecular weight is 238 g/mol. The smallest absolute Gasteiger partial charge is 0.181 e. The van der Waals surface area contributed by atoms with Crippen molar-refractivity contribution in [2.75, 3.05) is 0 Å². The van der Waals surface area contributed by atoms with Crippen molar-refractivity contribution in [3.05, 3.63) is 30.3 Å². The lowest BCUT2D eigenvalue weighted by atomic mass is 9.90. The fraction of sp³-hybridized carbons (Fsp3) is 0.538. The molecule has 1 aromatic rings. The number of benzene rings is 1. The monoisotopic (exact) mass is 238 g/mol. The van der Waals surface area contributed by atoms with Gasteiger partial charge in [0.1, 0.15) is 0 Å². The van der Waals surface area contributed by atoms with Gasteiger partial charge < -0.3 is 0 Å². The van der Waals surface area contributed by atoms with Crippen LogP contribution in [0.3, 0.4) is 0 Å². The van der Waals surface area contributed by atoms with Crippen LogP contribution < -0.4 is 0 Å². The largest absolute Gasteiger partial charge is 0.223 e. The molecule has 2 atom stereocenters. The van der Waals surface area contributed by atoms with Crippen LogP contribution in [-0.2, 0) is 9.84 Å². The maximum atomic E-state index is 12.3. The highest BCUT2D eigenvalue weighted by atomic mass is 32.2. The molecule has 0 spiro atoms. The van der Waals surface area contributed by atoms with Crippen LogP contribution in [0.15, 0.2) is 35.2 Å². The molecule has 88 valence electrons.